The summed E-state index contributed by atoms with van der Waals surface area (Å²) in [5, 5.41) is 28.4. The van der Waals surface area contributed by atoms with Crippen LogP contribution >= 0.6 is 12.2 Å². The Morgan fingerprint density at radius 1 is 1.12 bits per heavy atom. The molecule has 17 heteroatoms. The summed E-state index contributed by atoms with van der Waals surface area (Å²) in [6.07, 6.45) is -5.10. The van der Waals surface area contributed by atoms with Gasteiger partial charge in [0.25, 0.3) is 5.17 Å². The maximum atomic E-state index is 15.3. The molecular formula is C42H57FN4O11S. The third kappa shape index (κ3) is 10.1. The first-order chi connectivity index (χ1) is 27.7. The number of esters is 1. The summed E-state index contributed by atoms with van der Waals surface area (Å²) in [5.74, 6) is -6.95. The van der Waals surface area contributed by atoms with Crippen LogP contribution < -0.4 is 10.6 Å². The number of nitrogens with one attached hydrogen (secondary N) is 2. The number of thiocarbonyl (C=S) groups is 1. The van der Waals surface area contributed by atoms with Crippen molar-refractivity contribution in [2.45, 2.75) is 122 Å². The molecule has 0 bridgehead atoms. The SMILES string of the molecule is CC[C@H]1OC(=O)[C@H](C)C(=O)[C@H](C)[C@@H](O[C@@H]2O[C@H](O)C[C@H](N(C)C)[C@H]2O)[C@](C)(OC(=O)NC/C(F)=C/c2cnc3ccccc3c2)C[C@@H](C)C(=O)[C@H](C)[C@@H]2NC(=S)O[C@]12C. The zero-order valence-electron chi connectivity index (χ0n) is 35.0. The Labute approximate surface area is 349 Å². The Morgan fingerprint density at radius 3 is 2.49 bits per heavy atom. The standard InChI is InChI=1S/C42H57FN4O11S/c1-10-30-42(7)35(46-40(59)58-42)22(3)32(49)21(2)18-41(6,57-39(53)45-20-27(43)16-25-15-26-13-11-12-14-28(26)44-19-25)36(23(4)33(50)24(5)37(52)54-30)56-38-34(51)29(47(8)9)17-31(48)55-38/h11-16,19,21-24,29-31,34-36,38,48,51H,10,17-18,20H2,1-9H3,(H,45,53)(H,46,59)/b27-16-/t21-,22+,23+,24-,29+,30-,31+,34-,35+,36-,38+,41-,42-/m1/s1. The summed E-state index contributed by atoms with van der Waals surface area (Å²) in [4.78, 5) is 62.4. The number of alkyl carbamates (subject to hydrolysis) is 1. The second-order valence-electron chi connectivity index (χ2n) is 16.6. The lowest BCUT2D eigenvalue weighted by Crippen LogP contribution is -2.61. The first kappa shape index (κ1) is 45.9. The molecule has 3 saturated heterocycles. The van der Waals surface area contributed by atoms with Crippen molar-refractivity contribution in [3.63, 3.8) is 0 Å². The lowest BCUT2D eigenvalue weighted by atomic mass is 9.73. The topological polar surface area (TPSA) is 195 Å². The fourth-order valence-corrected chi connectivity index (χ4v) is 8.99. The summed E-state index contributed by atoms with van der Waals surface area (Å²) < 4.78 is 45.6. The minimum atomic E-state index is -1.91. The number of amides is 1. The number of halogens is 1. The lowest BCUT2D eigenvalue weighted by Gasteiger charge is -2.46. The number of para-hydroxylation sites is 1. The van der Waals surface area contributed by atoms with Crippen LogP contribution in [0.25, 0.3) is 17.0 Å². The van der Waals surface area contributed by atoms with Gasteiger partial charge in [-0.25, -0.2) is 9.18 Å². The number of carbonyl (C=O) groups is 4. The van der Waals surface area contributed by atoms with E-state index >= 15 is 4.39 Å². The molecule has 13 atom stereocenters. The number of aliphatic hydroxyl groups is 2. The summed E-state index contributed by atoms with van der Waals surface area (Å²) in [6.45, 7) is 10.5. The number of ether oxygens (including phenoxy) is 5. The first-order valence-electron chi connectivity index (χ1n) is 20.0. The van der Waals surface area contributed by atoms with E-state index in [9.17, 15) is 29.4 Å². The molecule has 4 heterocycles. The zero-order valence-corrected chi connectivity index (χ0v) is 35.8. The molecule has 1 aromatic heterocycles. The van der Waals surface area contributed by atoms with Crippen LogP contribution in [0.3, 0.4) is 0 Å². The predicted octanol–water partition coefficient (Wildman–Crippen LogP) is 4.21. The number of carbonyl (C=O) groups excluding carboxylic acids is 4. The number of ketones is 2. The highest BCUT2D eigenvalue weighted by atomic mass is 32.1. The van der Waals surface area contributed by atoms with Crippen LogP contribution in [-0.2, 0) is 38.1 Å². The van der Waals surface area contributed by atoms with Gasteiger partial charge in [0.05, 0.1) is 18.1 Å². The third-order valence-electron chi connectivity index (χ3n) is 11.9. The highest BCUT2D eigenvalue weighted by molar-refractivity contribution is 7.80. The quantitative estimate of drug-likeness (QED) is 0.168. The number of Topliss-reactive ketones (excluding diaryl/α,β-unsaturated/α-hetero) is 2. The van der Waals surface area contributed by atoms with Crippen molar-refractivity contribution in [1.29, 1.82) is 0 Å². The van der Waals surface area contributed by atoms with Crippen LogP contribution in [-0.4, -0.2) is 124 Å². The predicted molar refractivity (Wildman–Crippen MR) is 218 cm³/mol. The van der Waals surface area contributed by atoms with Crippen molar-refractivity contribution in [3.05, 3.63) is 47.9 Å². The normalized spacial score (nSPS) is 36.3. The van der Waals surface area contributed by atoms with Gasteiger partial charge in [-0.15, -0.1) is 0 Å². The van der Waals surface area contributed by atoms with Crippen LogP contribution in [0.2, 0.25) is 0 Å². The average Bonchev–Trinajstić information content (AvgIpc) is 3.50. The van der Waals surface area contributed by atoms with Gasteiger partial charge in [-0.2, -0.15) is 0 Å². The van der Waals surface area contributed by atoms with Crippen LogP contribution in [0, 0.1) is 23.7 Å². The Bertz CT molecular complexity index is 1940. The zero-order chi connectivity index (χ0) is 43.6. The maximum Gasteiger partial charge on any atom is 0.408 e. The minimum absolute atomic E-state index is 0.0158. The van der Waals surface area contributed by atoms with E-state index in [1.54, 1.807) is 52.8 Å². The molecule has 0 radical (unpaired) electrons. The molecule has 0 spiro atoms. The number of hydrogen-bond donors (Lipinski definition) is 4. The average molecular weight is 845 g/mol. The molecule has 2 aromatic rings. The maximum absolute atomic E-state index is 15.3. The number of cyclic esters (lactones) is 1. The van der Waals surface area contributed by atoms with Gasteiger partial charge in [-0.3, -0.25) is 19.4 Å². The van der Waals surface area contributed by atoms with Crippen LogP contribution in [0.1, 0.15) is 73.3 Å². The monoisotopic (exact) mass is 844 g/mol. The van der Waals surface area contributed by atoms with Crippen LogP contribution in [0.5, 0.6) is 0 Å². The van der Waals surface area contributed by atoms with Crippen molar-refractivity contribution < 1.29 is 57.5 Å². The highest BCUT2D eigenvalue weighted by Gasteiger charge is 2.57. The molecule has 0 aliphatic carbocycles. The van der Waals surface area contributed by atoms with E-state index in [1.807, 2.05) is 24.3 Å². The summed E-state index contributed by atoms with van der Waals surface area (Å²) >= 11 is 5.38. The Hall–Kier alpha value is -4.13. The summed E-state index contributed by atoms with van der Waals surface area (Å²) in [6, 6.07) is 7.67. The van der Waals surface area contributed by atoms with Gasteiger partial charge in [-0.1, -0.05) is 45.9 Å². The molecule has 3 aliphatic rings. The Morgan fingerprint density at radius 2 is 1.81 bits per heavy atom. The minimum Gasteiger partial charge on any atom is -0.459 e. The Kier molecular flexibility index (Phi) is 14.5. The summed E-state index contributed by atoms with van der Waals surface area (Å²) in [7, 11) is 3.40. The largest absolute Gasteiger partial charge is 0.459 e. The van der Waals surface area contributed by atoms with Gasteiger partial charge in [-0.05, 0) is 83.7 Å². The number of nitrogens with zero attached hydrogens (tertiary/aromatic N) is 2. The molecule has 15 nitrogen and oxygen atoms in total. The molecule has 4 N–H and O–H groups in total. The van der Waals surface area contributed by atoms with Crippen LogP contribution in [0.4, 0.5) is 9.18 Å². The van der Waals surface area contributed by atoms with E-state index in [1.165, 1.54) is 33.0 Å². The van der Waals surface area contributed by atoms with Gasteiger partial charge >= 0.3 is 12.1 Å². The van der Waals surface area contributed by atoms with E-state index in [0.717, 1.165) is 10.9 Å². The van der Waals surface area contributed by atoms with E-state index in [4.69, 9.17) is 35.9 Å². The molecule has 1 amide bonds. The third-order valence-corrected chi connectivity index (χ3v) is 12.1. The number of aromatic nitrogens is 1. The molecule has 324 valence electrons. The van der Waals surface area contributed by atoms with E-state index < -0.39 is 108 Å². The fraction of sp³-hybridized carbons (Fsp3) is 0.619. The van der Waals surface area contributed by atoms with E-state index in [0.29, 0.717) is 5.56 Å². The summed E-state index contributed by atoms with van der Waals surface area (Å²) in [5.41, 5.74) is -2.01. The highest BCUT2D eigenvalue weighted by Crippen LogP contribution is 2.40. The van der Waals surface area contributed by atoms with Crippen molar-refractivity contribution in [1.82, 2.24) is 20.5 Å². The molecule has 0 saturated carbocycles. The van der Waals surface area contributed by atoms with Gasteiger partial charge in [0, 0.05) is 41.8 Å². The molecular weight excluding hydrogens is 788 g/mol. The molecule has 5 rings (SSSR count). The van der Waals surface area contributed by atoms with Crippen molar-refractivity contribution in [2.24, 2.45) is 23.7 Å². The first-order valence-corrected chi connectivity index (χ1v) is 20.4. The Balaban J connectivity index is 1.53. The number of benzene rings is 1. The second-order valence-corrected chi connectivity index (χ2v) is 17.0. The fourth-order valence-electron chi connectivity index (χ4n) is 8.68. The number of fused-ring (bicyclic) bond motifs is 2. The molecule has 0 unspecified atom stereocenters. The van der Waals surface area contributed by atoms with Crippen LogP contribution in [0.15, 0.2) is 42.4 Å². The molecule has 3 fully saturated rings. The van der Waals surface area contributed by atoms with Crippen molar-refractivity contribution in [3.8, 4) is 0 Å². The number of hydrogen-bond acceptors (Lipinski definition) is 14. The lowest BCUT2D eigenvalue weighted by molar-refractivity contribution is -0.326. The van der Waals surface area contributed by atoms with Crippen molar-refractivity contribution in [2.75, 3.05) is 20.6 Å². The number of rotatable bonds is 8. The van der Waals surface area contributed by atoms with E-state index in [-0.39, 0.29) is 30.2 Å². The van der Waals surface area contributed by atoms with Gasteiger partial charge in [0.2, 0.25) is 0 Å². The number of pyridine rings is 1. The van der Waals surface area contributed by atoms with Crippen molar-refractivity contribution >= 4 is 58.0 Å². The molecule has 3 aliphatic heterocycles. The molecule has 1 aromatic carbocycles. The number of aliphatic hydroxyl groups excluding tert-OH is 2. The van der Waals surface area contributed by atoms with Gasteiger partial charge in [0.1, 0.15) is 41.4 Å². The number of likely N-dealkylation sites (N-methyl/N-ethyl adjacent to an activating group) is 1. The molecule has 59 heavy (non-hydrogen) atoms. The second kappa shape index (κ2) is 18.6. The van der Waals surface area contributed by atoms with E-state index in [2.05, 4.69) is 15.6 Å². The van der Waals surface area contributed by atoms with Gasteiger partial charge in [0.15, 0.2) is 24.0 Å². The van der Waals surface area contributed by atoms with Gasteiger partial charge < -0.3 is 49.4 Å². The smallest absolute Gasteiger partial charge is 0.408 e.